The first-order valence-electron chi connectivity index (χ1n) is 8.50. The van der Waals surface area contributed by atoms with Gasteiger partial charge in [0.25, 0.3) is 0 Å². The number of methoxy groups -OCH3 is 1. The van der Waals surface area contributed by atoms with Crippen molar-refractivity contribution >= 4 is 17.7 Å². The topological polar surface area (TPSA) is 73.3 Å². The highest BCUT2D eigenvalue weighted by Crippen LogP contribution is 2.12. The Kier molecular flexibility index (Phi) is 7.46. The van der Waals surface area contributed by atoms with E-state index in [-0.39, 0.29) is 12.5 Å². The van der Waals surface area contributed by atoms with Crippen LogP contribution in [0.5, 0.6) is 0 Å². The smallest absolute Gasteiger partial charge is 0.243 e. The number of anilines is 1. The highest BCUT2D eigenvalue weighted by Gasteiger charge is 2.20. The molecule has 1 fully saturated rings. The molecule has 1 aliphatic heterocycles. The molecule has 8 nitrogen and oxygen atoms in total. The Morgan fingerprint density at radius 2 is 2.08 bits per heavy atom. The number of nitrogens with zero attached hydrogens (tertiary/aromatic N) is 5. The highest BCUT2D eigenvalue weighted by atomic mass is 16.5. The highest BCUT2D eigenvalue weighted by molar-refractivity contribution is 5.85. The molecule has 0 unspecified atom stereocenters. The minimum absolute atomic E-state index is 0.0156. The standard InChI is InChI=1S/C17H28N6O2/c1-21(2)16(24)14-20-17(19-8-13-25-3)23-11-9-22(10-12-23)15-6-4-5-7-18-15/h4-7H,8-14H2,1-3H3,(H,19,20). The molecule has 1 amide bonds. The van der Waals surface area contributed by atoms with Gasteiger partial charge in [0, 0.05) is 60.1 Å². The summed E-state index contributed by atoms with van der Waals surface area (Å²) in [5.41, 5.74) is 0. The number of carbonyl (C=O) groups is 1. The van der Waals surface area contributed by atoms with Gasteiger partial charge < -0.3 is 24.8 Å². The molecule has 138 valence electrons. The molecule has 0 saturated carbocycles. The zero-order valence-corrected chi connectivity index (χ0v) is 15.3. The second-order valence-electron chi connectivity index (χ2n) is 6.01. The number of hydrogen-bond acceptors (Lipinski definition) is 5. The van der Waals surface area contributed by atoms with E-state index in [1.54, 1.807) is 26.1 Å². The Labute approximate surface area is 149 Å². The van der Waals surface area contributed by atoms with Crippen LogP contribution in [-0.2, 0) is 9.53 Å². The summed E-state index contributed by atoms with van der Waals surface area (Å²) in [5, 5.41) is 3.29. The van der Waals surface area contributed by atoms with Crippen LogP contribution in [0, 0.1) is 0 Å². The third kappa shape index (κ3) is 5.90. The molecule has 1 aliphatic rings. The molecule has 1 N–H and O–H groups in total. The predicted molar refractivity (Wildman–Crippen MR) is 98.9 cm³/mol. The van der Waals surface area contributed by atoms with E-state index in [1.807, 2.05) is 24.4 Å². The van der Waals surface area contributed by atoms with Crippen LogP contribution in [0.2, 0.25) is 0 Å². The van der Waals surface area contributed by atoms with E-state index in [1.165, 1.54) is 0 Å². The SMILES string of the molecule is COCCNC(=NCC(=O)N(C)C)N1CCN(c2ccccn2)CC1. The second-order valence-corrected chi connectivity index (χ2v) is 6.01. The summed E-state index contributed by atoms with van der Waals surface area (Å²) in [7, 11) is 5.14. The van der Waals surface area contributed by atoms with Crippen LogP contribution in [-0.4, -0.2) is 93.7 Å². The van der Waals surface area contributed by atoms with Crippen LogP contribution in [0.25, 0.3) is 0 Å². The Hall–Kier alpha value is -2.35. The third-order valence-electron chi connectivity index (χ3n) is 4.00. The van der Waals surface area contributed by atoms with Crippen LogP contribution in [0.15, 0.2) is 29.4 Å². The molecule has 0 spiro atoms. The maximum Gasteiger partial charge on any atom is 0.243 e. The Morgan fingerprint density at radius 1 is 1.32 bits per heavy atom. The molecule has 8 heteroatoms. The molecule has 0 bridgehead atoms. The van der Waals surface area contributed by atoms with Gasteiger partial charge in [0.2, 0.25) is 5.91 Å². The summed E-state index contributed by atoms with van der Waals surface area (Å²) in [6.45, 7) is 4.77. The summed E-state index contributed by atoms with van der Waals surface area (Å²) < 4.78 is 5.09. The number of guanidine groups is 1. The lowest BCUT2D eigenvalue weighted by molar-refractivity contribution is -0.127. The minimum Gasteiger partial charge on any atom is -0.383 e. The summed E-state index contributed by atoms with van der Waals surface area (Å²) >= 11 is 0. The van der Waals surface area contributed by atoms with E-state index >= 15 is 0 Å². The lowest BCUT2D eigenvalue weighted by atomic mass is 10.3. The molecule has 2 rings (SSSR count). The fourth-order valence-electron chi connectivity index (χ4n) is 2.50. The monoisotopic (exact) mass is 348 g/mol. The number of piperazine rings is 1. The summed E-state index contributed by atoms with van der Waals surface area (Å²) in [6, 6.07) is 5.95. The van der Waals surface area contributed by atoms with Crippen molar-refractivity contribution < 1.29 is 9.53 Å². The van der Waals surface area contributed by atoms with Gasteiger partial charge in [-0.05, 0) is 12.1 Å². The van der Waals surface area contributed by atoms with Gasteiger partial charge in [-0.2, -0.15) is 0 Å². The van der Waals surface area contributed by atoms with E-state index in [0.717, 1.165) is 38.0 Å². The van der Waals surface area contributed by atoms with Crippen LogP contribution in [0.3, 0.4) is 0 Å². The maximum atomic E-state index is 11.8. The number of nitrogens with one attached hydrogen (secondary N) is 1. The third-order valence-corrected chi connectivity index (χ3v) is 4.00. The zero-order valence-electron chi connectivity index (χ0n) is 15.3. The normalized spacial score (nSPS) is 15.2. The largest absolute Gasteiger partial charge is 0.383 e. The number of ether oxygens (including phenoxy) is 1. The molecule has 2 heterocycles. The molecule has 1 saturated heterocycles. The zero-order chi connectivity index (χ0) is 18.1. The maximum absolute atomic E-state index is 11.8. The van der Waals surface area contributed by atoms with Crippen molar-refractivity contribution in [2.75, 3.05) is 72.0 Å². The van der Waals surface area contributed by atoms with Gasteiger partial charge in [-0.1, -0.05) is 6.07 Å². The Morgan fingerprint density at radius 3 is 2.68 bits per heavy atom. The van der Waals surface area contributed by atoms with Crippen molar-refractivity contribution in [3.63, 3.8) is 0 Å². The summed E-state index contributed by atoms with van der Waals surface area (Å²) in [5.74, 6) is 1.74. The van der Waals surface area contributed by atoms with Gasteiger partial charge in [-0.15, -0.1) is 0 Å². The summed E-state index contributed by atoms with van der Waals surface area (Å²) in [6.07, 6.45) is 1.81. The van der Waals surface area contributed by atoms with Gasteiger partial charge in [0.15, 0.2) is 5.96 Å². The average molecular weight is 348 g/mol. The van der Waals surface area contributed by atoms with E-state index in [2.05, 4.69) is 25.1 Å². The lowest BCUT2D eigenvalue weighted by Crippen LogP contribution is -2.53. The van der Waals surface area contributed by atoms with Crippen molar-refractivity contribution in [1.82, 2.24) is 20.1 Å². The van der Waals surface area contributed by atoms with Crippen LogP contribution < -0.4 is 10.2 Å². The number of likely N-dealkylation sites (N-methyl/N-ethyl adjacent to an activating group) is 1. The fourth-order valence-corrected chi connectivity index (χ4v) is 2.50. The Balaban J connectivity index is 1.95. The number of carbonyl (C=O) groups excluding carboxylic acids is 1. The Bertz CT molecular complexity index is 556. The number of aromatic nitrogens is 1. The first-order valence-corrected chi connectivity index (χ1v) is 8.50. The van der Waals surface area contributed by atoms with Crippen molar-refractivity contribution in [3.8, 4) is 0 Å². The average Bonchev–Trinajstić information content (AvgIpc) is 2.65. The van der Waals surface area contributed by atoms with Crippen molar-refractivity contribution in [1.29, 1.82) is 0 Å². The molecule has 0 atom stereocenters. The van der Waals surface area contributed by atoms with E-state index in [9.17, 15) is 4.79 Å². The van der Waals surface area contributed by atoms with Gasteiger partial charge in [-0.25, -0.2) is 9.98 Å². The van der Waals surface area contributed by atoms with Crippen LogP contribution in [0.4, 0.5) is 5.82 Å². The van der Waals surface area contributed by atoms with Gasteiger partial charge >= 0.3 is 0 Å². The number of hydrogen-bond donors (Lipinski definition) is 1. The number of pyridine rings is 1. The molecule has 0 aliphatic carbocycles. The van der Waals surface area contributed by atoms with Crippen LogP contribution >= 0.6 is 0 Å². The van der Waals surface area contributed by atoms with Crippen molar-refractivity contribution in [3.05, 3.63) is 24.4 Å². The van der Waals surface area contributed by atoms with Gasteiger partial charge in [-0.3, -0.25) is 4.79 Å². The molecule has 0 radical (unpaired) electrons. The lowest BCUT2D eigenvalue weighted by Gasteiger charge is -2.37. The first kappa shape index (κ1) is 19.0. The number of amides is 1. The number of aliphatic imine (C=N–C) groups is 1. The van der Waals surface area contributed by atoms with Gasteiger partial charge in [0.05, 0.1) is 6.61 Å². The van der Waals surface area contributed by atoms with Crippen molar-refractivity contribution in [2.45, 2.75) is 0 Å². The molecule has 1 aromatic heterocycles. The van der Waals surface area contributed by atoms with E-state index in [0.29, 0.717) is 13.2 Å². The van der Waals surface area contributed by atoms with E-state index in [4.69, 9.17) is 4.74 Å². The minimum atomic E-state index is -0.0156. The predicted octanol–water partition coefficient (Wildman–Crippen LogP) is -0.116. The molecule has 25 heavy (non-hydrogen) atoms. The van der Waals surface area contributed by atoms with Gasteiger partial charge in [0.1, 0.15) is 12.4 Å². The summed E-state index contributed by atoms with van der Waals surface area (Å²) in [4.78, 5) is 26.7. The first-order chi connectivity index (χ1) is 12.1. The molecular formula is C17H28N6O2. The van der Waals surface area contributed by atoms with Crippen LogP contribution in [0.1, 0.15) is 0 Å². The fraction of sp³-hybridized carbons (Fsp3) is 0.588. The molecular weight excluding hydrogens is 320 g/mol. The van der Waals surface area contributed by atoms with E-state index < -0.39 is 0 Å². The molecule has 0 aromatic carbocycles. The second kappa shape index (κ2) is 9.83. The quantitative estimate of drug-likeness (QED) is 0.439. The van der Waals surface area contributed by atoms with Crippen molar-refractivity contribution in [2.24, 2.45) is 4.99 Å². The molecule has 1 aromatic rings. The number of rotatable bonds is 6.